The molecule has 0 radical (unpaired) electrons. The third-order valence-corrected chi connectivity index (χ3v) is 6.15. The molecule has 0 aliphatic carbocycles. The zero-order chi connectivity index (χ0) is 25.8. The molecule has 4 aromatic carbocycles. The maximum Gasteiger partial charge on any atom is 0.121 e. The molecule has 0 atom stereocenters. The van der Waals surface area contributed by atoms with Gasteiger partial charge in [0.05, 0.1) is 11.5 Å². The standard InChI is InChI=1S/2C15H13O.C2H6Si.2ClH.Zr/c2*1-10-7-13(8-11(10)2)15-9-12-5-3-4-6-14(12)16-15;1-3-2;;;/h2*3-9H,1-2H3;1-2H3;2*1H;/q2*-1;;;;+2/p-2. The van der Waals surface area contributed by atoms with E-state index in [4.69, 9.17) is 8.83 Å². The van der Waals surface area contributed by atoms with Crippen molar-refractivity contribution in [3.8, 4) is 22.6 Å². The minimum absolute atomic E-state index is 0. The normalized spacial score (nSPS) is 10.1. The molecule has 196 valence electrons. The van der Waals surface area contributed by atoms with E-state index in [9.17, 15) is 0 Å². The van der Waals surface area contributed by atoms with E-state index in [0.717, 1.165) is 33.5 Å². The van der Waals surface area contributed by atoms with Gasteiger partial charge in [0.1, 0.15) is 11.2 Å². The molecule has 6 aromatic rings. The van der Waals surface area contributed by atoms with E-state index in [1.54, 1.807) is 23.3 Å². The average molecular weight is 639 g/mol. The molecule has 2 nitrogen and oxygen atoms in total. The zero-order valence-corrected chi connectivity index (χ0v) is 27.6. The summed E-state index contributed by atoms with van der Waals surface area (Å²) in [5.41, 5.74) is 9.72. The first-order valence-electron chi connectivity index (χ1n) is 12.2. The molecular formula is C32H32Cl2O2SiZr-2. The van der Waals surface area contributed by atoms with Crippen molar-refractivity contribution >= 4 is 27.4 Å². The Morgan fingerprint density at radius 2 is 0.947 bits per heavy atom. The summed E-state index contributed by atoms with van der Waals surface area (Å²) in [7, 11) is 0. The molecule has 6 heteroatoms. The van der Waals surface area contributed by atoms with Crippen LogP contribution >= 0.6 is 0 Å². The molecule has 0 bridgehead atoms. The van der Waals surface area contributed by atoms with Crippen LogP contribution in [0.2, 0.25) is 13.1 Å². The summed E-state index contributed by atoms with van der Waals surface area (Å²) in [6.45, 7) is 13.1. The van der Waals surface area contributed by atoms with E-state index in [-0.39, 0.29) is 30.2 Å². The number of hydrogen-bond acceptors (Lipinski definition) is 2. The predicted molar refractivity (Wildman–Crippen MR) is 151 cm³/mol. The smallest absolute Gasteiger partial charge is 0.121 e. The van der Waals surface area contributed by atoms with Gasteiger partial charge in [0.2, 0.25) is 0 Å². The summed E-state index contributed by atoms with van der Waals surface area (Å²) in [5, 5.41) is 2.32. The van der Waals surface area contributed by atoms with Gasteiger partial charge in [-0.15, -0.1) is 34.4 Å². The Morgan fingerprint density at radius 1 is 0.605 bits per heavy atom. The van der Waals surface area contributed by atoms with Crippen LogP contribution in [0.15, 0.2) is 93.8 Å². The summed E-state index contributed by atoms with van der Waals surface area (Å²) in [5.74, 6) is 1.91. The second-order valence-electron chi connectivity index (χ2n) is 9.52. The van der Waals surface area contributed by atoms with Crippen molar-refractivity contribution in [3.05, 3.63) is 107 Å². The monoisotopic (exact) mass is 636 g/mol. The van der Waals surface area contributed by atoms with Crippen LogP contribution in [0.1, 0.15) is 22.3 Å². The van der Waals surface area contributed by atoms with Crippen molar-refractivity contribution in [3.63, 3.8) is 0 Å². The van der Waals surface area contributed by atoms with E-state index in [2.05, 4.69) is 89.3 Å². The van der Waals surface area contributed by atoms with Crippen molar-refractivity contribution in [2.45, 2.75) is 40.8 Å². The van der Waals surface area contributed by atoms with Crippen LogP contribution in [0.4, 0.5) is 0 Å². The minimum Gasteiger partial charge on any atom is -1.00 e. The van der Waals surface area contributed by atoms with Crippen molar-refractivity contribution < 1.29 is 57.0 Å². The number of para-hydroxylation sites is 2. The molecule has 0 spiro atoms. The number of aryl methyl sites for hydroxylation is 4. The first kappa shape index (κ1) is 32.1. The predicted octanol–water partition coefficient (Wildman–Crippen LogP) is 3.66. The Kier molecular flexibility index (Phi) is 12.1. The van der Waals surface area contributed by atoms with Gasteiger partial charge in [-0.1, -0.05) is 76.2 Å². The molecule has 38 heavy (non-hydrogen) atoms. The molecule has 0 saturated heterocycles. The van der Waals surface area contributed by atoms with Gasteiger partial charge < -0.3 is 33.6 Å². The molecule has 0 amide bonds. The summed E-state index contributed by atoms with van der Waals surface area (Å²) < 4.78 is 11.6. The Balaban J connectivity index is 0.000000224. The van der Waals surface area contributed by atoms with Crippen LogP contribution in [0.25, 0.3) is 44.6 Å². The summed E-state index contributed by atoms with van der Waals surface area (Å²) in [4.78, 5) is 0. The van der Waals surface area contributed by atoms with E-state index in [1.807, 2.05) is 36.4 Å². The van der Waals surface area contributed by atoms with Crippen molar-refractivity contribution in [1.29, 1.82) is 0 Å². The number of rotatable bonds is 2. The van der Waals surface area contributed by atoms with Gasteiger partial charge in [0.25, 0.3) is 0 Å². The van der Waals surface area contributed by atoms with Gasteiger partial charge in [-0.05, 0) is 12.1 Å². The van der Waals surface area contributed by atoms with Crippen molar-refractivity contribution in [2.24, 2.45) is 0 Å². The van der Waals surface area contributed by atoms with Crippen LogP contribution in [0.5, 0.6) is 0 Å². The summed E-state index contributed by atoms with van der Waals surface area (Å²) in [6, 6.07) is 29.1. The van der Waals surface area contributed by atoms with E-state index < -0.39 is 0 Å². The fraction of sp³-hybridized carbons (Fsp3) is 0.188. The third-order valence-electron chi connectivity index (χ3n) is 6.15. The van der Waals surface area contributed by atoms with E-state index >= 15 is 0 Å². The SMILES string of the molecule is C[Si](C)=[Zr+2].Cc1cc(-c2cc3ccccc3o2)[cH-]c1C.Cc1cc(-c2cc3ccccc3o2)[cH-]c1C.[Cl-].[Cl-]. The maximum atomic E-state index is 5.82. The van der Waals surface area contributed by atoms with Gasteiger partial charge in [0, 0.05) is 10.8 Å². The maximum absolute atomic E-state index is 5.82. The largest absolute Gasteiger partial charge is 1.00 e. The molecule has 0 N–H and O–H groups in total. The first-order valence-corrected chi connectivity index (χ1v) is 18.4. The zero-order valence-electron chi connectivity index (χ0n) is 22.7. The van der Waals surface area contributed by atoms with Gasteiger partial charge in [-0.3, -0.25) is 0 Å². The summed E-state index contributed by atoms with van der Waals surface area (Å²) >= 11 is 1.74. The Morgan fingerprint density at radius 3 is 1.24 bits per heavy atom. The molecule has 2 heterocycles. The molecule has 2 aromatic heterocycles. The number of hydrogen-bond donors (Lipinski definition) is 0. The van der Waals surface area contributed by atoms with Crippen LogP contribution in [-0.2, 0) is 23.3 Å². The van der Waals surface area contributed by atoms with Crippen molar-refractivity contribution in [1.82, 2.24) is 0 Å². The average Bonchev–Trinajstić information content (AvgIpc) is 3.60. The minimum atomic E-state index is 0. The number of halogens is 2. The topological polar surface area (TPSA) is 26.3 Å². The number of furan rings is 2. The fourth-order valence-corrected chi connectivity index (χ4v) is 4.00. The van der Waals surface area contributed by atoms with Gasteiger partial charge >= 0.3 is 41.9 Å². The van der Waals surface area contributed by atoms with Crippen LogP contribution in [0.3, 0.4) is 0 Å². The van der Waals surface area contributed by atoms with Crippen LogP contribution in [0, 0.1) is 27.7 Å². The van der Waals surface area contributed by atoms with Crippen LogP contribution < -0.4 is 24.8 Å². The number of fused-ring (bicyclic) bond motifs is 2. The quantitative estimate of drug-likeness (QED) is 0.214. The molecule has 0 saturated carbocycles. The molecule has 6 rings (SSSR count). The molecule has 0 aliphatic rings. The van der Waals surface area contributed by atoms with E-state index in [0.29, 0.717) is 0 Å². The van der Waals surface area contributed by atoms with Crippen molar-refractivity contribution in [2.75, 3.05) is 0 Å². The molecule has 0 unspecified atom stereocenters. The van der Waals surface area contributed by atoms with Crippen LogP contribution in [-0.4, -0.2) is 5.43 Å². The summed E-state index contributed by atoms with van der Waals surface area (Å²) in [6.07, 6.45) is 0. The second kappa shape index (κ2) is 14.3. The molecule has 0 aliphatic heterocycles. The second-order valence-corrected chi connectivity index (χ2v) is 18.9. The number of benzene rings is 2. The Bertz CT molecular complexity index is 1410. The Labute approximate surface area is 253 Å². The molecular weight excluding hydrogens is 607 g/mol. The Hall–Kier alpha value is -2.10. The first-order chi connectivity index (χ1) is 17.2. The van der Waals surface area contributed by atoms with Gasteiger partial charge in [-0.2, -0.15) is 23.3 Å². The molecule has 0 fully saturated rings. The van der Waals surface area contributed by atoms with Gasteiger partial charge in [0.15, 0.2) is 0 Å². The fourth-order valence-electron chi connectivity index (χ4n) is 4.00. The third kappa shape index (κ3) is 7.96. The van der Waals surface area contributed by atoms with Gasteiger partial charge in [-0.25, -0.2) is 0 Å². The van der Waals surface area contributed by atoms with E-state index in [1.165, 1.54) is 33.4 Å².